The minimum atomic E-state index is -0.482. The second-order valence-electron chi connectivity index (χ2n) is 6.36. The molecule has 9 heteroatoms. The van der Waals surface area contributed by atoms with E-state index < -0.39 is 4.92 Å². The molecule has 2 aromatic carbocycles. The summed E-state index contributed by atoms with van der Waals surface area (Å²) >= 11 is 0. The monoisotopic (exact) mass is 379 g/mol. The number of aromatic nitrogens is 2. The molecular weight excluding hydrogens is 362 g/mol. The van der Waals surface area contributed by atoms with Crippen LogP contribution in [0.2, 0.25) is 0 Å². The van der Waals surface area contributed by atoms with Crippen molar-refractivity contribution in [3.8, 4) is 17.0 Å². The molecule has 3 aromatic rings. The average molecular weight is 379 g/mol. The van der Waals surface area contributed by atoms with Crippen LogP contribution in [0.5, 0.6) is 5.75 Å². The predicted octanol–water partition coefficient (Wildman–Crippen LogP) is 2.94. The number of nitro groups is 1. The molecule has 1 aliphatic rings. The molecule has 0 spiro atoms. The lowest BCUT2D eigenvalue weighted by Crippen LogP contribution is -2.25. The SMILES string of the molecule is Cn1cc(CNc2cc3c(cc2[N+](=O)[O-])OCC(=O)N3)c(-c2ccccc2)n1. The van der Waals surface area contributed by atoms with Crippen LogP contribution in [0.4, 0.5) is 17.1 Å². The number of nitrogens with one attached hydrogen (secondary N) is 2. The van der Waals surface area contributed by atoms with Gasteiger partial charge in [-0.1, -0.05) is 30.3 Å². The normalized spacial score (nSPS) is 12.7. The highest BCUT2D eigenvalue weighted by molar-refractivity contribution is 5.96. The summed E-state index contributed by atoms with van der Waals surface area (Å²) in [6.45, 7) is 0.166. The Morgan fingerprint density at radius 1 is 1.32 bits per heavy atom. The maximum Gasteiger partial charge on any atom is 0.296 e. The molecule has 2 N–H and O–H groups in total. The molecular formula is C19H17N5O4. The second-order valence-corrected chi connectivity index (χ2v) is 6.36. The van der Waals surface area contributed by atoms with Crippen molar-refractivity contribution in [2.45, 2.75) is 6.54 Å². The van der Waals surface area contributed by atoms with Crippen molar-refractivity contribution in [3.63, 3.8) is 0 Å². The fourth-order valence-corrected chi connectivity index (χ4v) is 3.10. The van der Waals surface area contributed by atoms with E-state index in [1.54, 1.807) is 4.68 Å². The molecule has 0 saturated heterocycles. The van der Waals surface area contributed by atoms with Gasteiger partial charge in [0.05, 0.1) is 22.4 Å². The van der Waals surface area contributed by atoms with Gasteiger partial charge in [0.1, 0.15) is 5.69 Å². The number of aryl methyl sites for hydroxylation is 1. The Balaban J connectivity index is 1.65. The van der Waals surface area contributed by atoms with Gasteiger partial charge in [0.15, 0.2) is 12.4 Å². The molecule has 0 aliphatic carbocycles. The lowest BCUT2D eigenvalue weighted by atomic mass is 10.1. The lowest BCUT2D eigenvalue weighted by molar-refractivity contribution is -0.384. The van der Waals surface area contributed by atoms with Gasteiger partial charge in [-0.2, -0.15) is 5.10 Å². The molecule has 0 fully saturated rings. The molecule has 0 bridgehead atoms. The quantitative estimate of drug-likeness (QED) is 0.521. The Labute approximate surface area is 160 Å². The maximum absolute atomic E-state index is 11.5. The van der Waals surface area contributed by atoms with E-state index in [4.69, 9.17) is 4.74 Å². The Morgan fingerprint density at radius 3 is 2.86 bits per heavy atom. The number of nitrogens with zero attached hydrogens (tertiary/aromatic N) is 3. The van der Waals surface area contributed by atoms with Gasteiger partial charge in [-0.3, -0.25) is 19.6 Å². The third-order valence-corrected chi connectivity index (χ3v) is 4.35. The van der Waals surface area contributed by atoms with E-state index in [1.165, 1.54) is 12.1 Å². The molecule has 1 amide bonds. The zero-order valence-corrected chi connectivity index (χ0v) is 15.0. The van der Waals surface area contributed by atoms with Gasteiger partial charge in [-0.15, -0.1) is 0 Å². The summed E-state index contributed by atoms with van der Waals surface area (Å²) in [5, 5.41) is 21.7. The van der Waals surface area contributed by atoms with Crippen molar-refractivity contribution in [2.75, 3.05) is 17.2 Å². The van der Waals surface area contributed by atoms with E-state index in [0.717, 1.165) is 16.8 Å². The first-order chi connectivity index (χ1) is 13.5. The van der Waals surface area contributed by atoms with Gasteiger partial charge in [-0.25, -0.2) is 0 Å². The van der Waals surface area contributed by atoms with Gasteiger partial charge in [0.2, 0.25) is 0 Å². The number of nitro benzene ring substituents is 1. The van der Waals surface area contributed by atoms with E-state index in [2.05, 4.69) is 15.7 Å². The van der Waals surface area contributed by atoms with E-state index in [-0.39, 0.29) is 29.6 Å². The van der Waals surface area contributed by atoms with Crippen LogP contribution < -0.4 is 15.4 Å². The maximum atomic E-state index is 11.5. The molecule has 0 unspecified atom stereocenters. The lowest BCUT2D eigenvalue weighted by Gasteiger charge is -2.19. The molecule has 142 valence electrons. The van der Waals surface area contributed by atoms with Gasteiger partial charge >= 0.3 is 0 Å². The zero-order valence-electron chi connectivity index (χ0n) is 15.0. The number of hydrogen-bond donors (Lipinski definition) is 2. The van der Waals surface area contributed by atoms with Crippen molar-refractivity contribution in [2.24, 2.45) is 7.05 Å². The molecule has 0 radical (unpaired) electrons. The summed E-state index contributed by atoms with van der Waals surface area (Å²) in [6.07, 6.45) is 1.87. The van der Waals surface area contributed by atoms with E-state index in [1.807, 2.05) is 43.6 Å². The van der Waals surface area contributed by atoms with Crippen molar-refractivity contribution >= 4 is 23.0 Å². The highest BCUT2D eigenvalue weighted by atomic mass is 16.6. The fourth-order valence-electron chi connectivity index (χ4n) is 3.10. The smallest absolute Gasteiger partial charge is 0.296 e. The number of carbonyl (C=O) groups excluding carboxylic acids is 1. The van der Waals surface area contributed by atoms with Crippen LogP contribution in [-0.4, -0.2) is 27.2 Å². The zero-order chi connectivity index (χ0) is 19.7. The fraction of sp³-hybridized carbons (Fsp3) is 0.158. The van der Waals surface area contributed by atoms with Crippen LogP contribution in [0, 0.1) is 10.1 Å². The van der Waals surface area contributed by atoms with Crippen molar-refractivity contribution in [3.05, 3.63) is 64.3 Å². The third kappa shape index (κ3) is 3.37. The average Bonchev–Trinajstić information content (AvgIpc) is 3.06. The highest BCUT2D eigenvalue weighted by Crippen LogP contribution is 2.38. The number of ether oxygens (including phenoxy) is 1. The van der Waals surface area contributed by atoms with Gasteiger partial charge in [0.25, 0.3) is 11.6 Å². The number of hydrogen-bond acceptors (Lipinski definition) is 6. The van der Waals surface area contributed by atoms with Gasteiger partial charge < -0.3 is 15.4 Å². The number of carbonyl (C=O) groups is 1. The molecule has 1 aliphatic heterocycles. The minimum Gasteiger partial charge on any atom is -0.481 e. The summed E-state index contributed by atoms with van der Waals surface area (Å²) in [6, 6.07) is 12.5. The van der Waals surface area contributed by atoms with E-state index in [9.17, 15) is 14.9 Å². The second kappa shape index (κ2) is 7.03. The standard InChI is InChI=1S/C19H17N5O4/c1-23-10-13(19(22-23)12-5-3-2-4-6-12)9-20-14-7-15-17(8-16(14)24(26)27)28-11-18(25)21-15/h2-8,10,20H,9,11H2,1H3,(H,21,25). The molecule has 2 heterocycles. The Kier molecular flexibility index (Phi) is 4.40. The molecule has 9 nitrogen and oxygen atoms in total. The van der Waals surface area contributed by atoms with Crippen LogP contribution in [0.3, 0.4) is 0 Å². The molecule has 0 atom stereocenters. The summed E-state index contributed by atoms with van der Waals surface area (Å²) in [4.78, 5) is 22.5. The van der Waals surface area contributed by atoms with Crippen molar-refractivity contribution < 1.29 is 14.5 Å². The largest absolute Gasteiger partial charge is 0.481 e. The highest BCUT2D eigenvalue weighted by Gasteiger charge is 2.24. The number of amides is 1. The first-order valence-corrected chi connectivity index (χ1v) is 8.58. The third-order valence-electron chi connectivity index (χ3n) is 4.35. The molecule has 0 saturated carbocycles. The summed E-state index contributed by atoms with van der Waals surface area (Å²) in [7, 11) is 1.82. The van der Waals surface area contributed by atoms with E-state index >= 15 is 0 Å². The number of anilines is 2. The van der Waals surface area contributed by atoms with Gasteiger partial charge in [-0.05, 0) is 6.07 Å². The van der Waals surface area contributed by atoms with Crippen molar-refractivity contribution in [1.82, 2.24) is 9.78 Å². The van der Waals surface area contributed by atoms with E-state index in [0.29, 0.717) is 12.2 Å². The van der Waals surface area contributed by atoms with Crippen LogP contribution >= 0.6 is 0 Å². The number of fused-ring (bicyclic) bond motifs is 1. The minimum absolute atomic E-state index is 0.125. The first kappa shape index (κ1) is 17.5. The Bertz CT molecular complexity index is 1060. The molecule has 1 aromatic heterocycles. The molecule has 28 heavy (non-hydrogen) atoms. The van der Waals surface area contributed by atoms with Crippen molar-refractivity contribution in [1.29, 1.82) is 0 Å². The Morgan fingerprint density at radius 2 is 2.11 bits per heavy atom. The predicted molar refractivity (Wildman–Crippen MR) is 103 cm³/mol. The number of benzene rings is 2. The summed E-state index contributed by atoms with van der Waals surface area (Å²) in [5.74, 6) is -0.0193. The van der Waals surface area contributed by atoms with Crippen LogP contribution in [0.25, 0.3) is 11.3 Å². The molecule has 4 rings (SSSR count). The van der Waals surface area contributed by atoms with Crippen LogP contribution in [-0.2, 0) is 18.4 Å². The van der Waals surface area contributed by atoms with Crippen LogP contribution in [0.1, 0.15) is 5.56 Å². The first-order valence-electron chi connectivity index (χ1n) is 8.58. The summed E-state index contributed by atoms with van der Waals surface area (Å²) in [5.41, 5.74) is 3.21. The topological polar surface area (TPSA) is 111 Å². The summed E-state index contributed by atoms with van der Waals surface area (Å²) < 4.78 is 6.97. The van der Waals surface area contributed by atoms with Crippen LogP contribution in [0.15, 0.2) is 48.7 Å². The van der Waals surface area contributed by atoms with Gasteiger partial charge in [0, 0.05) is 30.9 Å². The Hall–Kier alpha value is -3.88. The number of rotatable bonds is 5.